The fourth-order valence-corrected chi connectivity index (χ4v) is 5.87. The smallest absolute Gasteiger partial charge is 0.337 e. The van der Waals surface area contributed by atoms with Gasteiger partial charge in [-0.3, -0.25) is 0 Å². The van der Waals surface area contributed by atoms with Gasteiger partial charge in [-0.05, 0) is 39.5 Å². The van der Waals surface area contributed by atoms with Crippen LogP contribution in [0.4, 0.5) is 9.59 Å². The molecule has 4 bridgehead atoms. The van der Waals surface area contributed by atoms with Gasteiger partial charge < -0.3 is 18.8 Å². The monoisotopic (exact) mass is 510 g/mol. The maximum atomic E-state index is 12.9. The van der Waals surface area contributed by atoms with Crippen molar-refractivity contribution in [1.82, 2.24) is 40.2 Å². The molecule has 17 heteroatoms. The van der Waals surface area contributed by atoms with Gasteiger partial charge >= 0.3 is 22.5 Å². The number of carbonyl (C=O) groups excluding carboxylic acids is 2. The third-order valence-electron chi connectivity index (χ3n) is 6.65. The highest BCUT2D eigenvalue weighted by Gasteiger charge is 2.52. The summed E-state index contributed by atoms with van der Waals surface area (Å²) >= 11 is 0. The highest BCUT2D eigenvalue weighted by molar-refractivity contribution is 7.81. The molecule has 4 saturated heterocycles. The van der Waals surface area contributed by atoms with Crippen LogP contribution >= 0.6 is 0 Å². The Morgan fingerprint density at radius 2 is 1.20 bits per heavy atom. The molecule has 188 valence electrons. The number of aromatic nitrogens is 4. The van der Waals surface area contributed by atoms with Crippen molar-refractivity contribution in [2.75, 3.05) is 13.1 Å². The summed E-state index contributed by atoms with van der Waals surface area (Å²) in [6, 6.07) is -3.30. The molecule has 4 aliphatic heterocycles. The summed E-state index contributed by atoms with van der Waals surface area (Å²) in [5, 5.41) is 9.06. The number of amides is 4. The van der Waals surface area contributed by atoms with Crippen LogP contribution in [0.2, 0.25) is 0 Å². The van der Waals surface area contributed by atoms with Gasteiger partial charge in [-0.1, -0.05) is 10.3 Å². The lowest BCUT2D eigenvalue weighted by atomic mass is 10.0. The molecule has 4 amide bonds. The maximum absolute atomic E-state index is 12.9. The summed E-state index contributed by atoms with van der Waals surface area (Å²) in [7, 11) is -4.79. The van der Waals surface area contributed by atoms with Gasteiger partial charge in [0.1, 0.15) is 12.1 Å². The van der Waals surface area contributed by atoms with Crippen molar-refractivity contribution >= 4 is 22.5 Å². The Kier molecular flexibility index (Phi) is 4.98. The lowest BCUT2D eigenvalue weighted by Crippen LogP contribution is -2.41. The first-order chi connectivity index (χ1) is 16.7. The number of fused-ring (bicyclic) bond motifs is 4. The molecule has 4 aliphatic rings. The van der Waals surface area contributed by atoms with Gasteiger partial charge in [-0.2, -0.15) is 28.5 Å². The van der Waals surface area contributed by atoms with Gasteiger partial charge in [0.05, 0.1) is 12.1 Å². The molecule has 4 fully saturated rings. The van der Waals surface area contributed by atoms with Crippen LogP contribution in [0, 0.1) is 13.8 Å². The predicted molar refractivity (Wildman–Crippen MR) is 109 cm³/mol. The van der Waals surface area contributed by atoms with Crippen molar-refractivity contribution in [2.45, 2.75) is 63.7 Å². The lowest BCUT2D eigenvalue weighted by molar-refractivity contribution is -0.0841. The van der Waals surface area contributed by atoms with Crippen LogP contribution in [0.25, 0.3) is 0 Å². The lowest BCUT2D eigenvalue weighted by Gasteiger charge is -2.27. The number of urea groups is 2. The molecular formula is C18H22N8O8S. The zero-order chi connectivity index (χ0) is 24.5. The number of piperidine rings is 2. The van der Waals surface area contributed by atoms with Crippen molar-refractivity contribution in [1.29, 1.82) is 0 Å². The Morgan fingerprint density at radius 1 is 0.771 bits per heavy atom. The second kappa shape index (κ2) is 7.85. The summed E-state index contributed by atoms with van der Waals surface area (Å²) in [5.74, 6) is 1.44. The van der Waals surface area contributed by atoms with E-state index in [0.717, 1.165) is 10.1 Å². The van der Waals surface area contributed by atoms with Gasteiger partial charge in [0.2, 0.25) is 11.8 Å². The number of aryl methyl sites for hydroxylation is 2. The largest absolute Gasteiger partial charge is 0.442 e. The molecule has 0 aliphatic carbocycles. The molecule has 6 heterocycles. The Labute approximate surface area is 198 Å². The number of hydrogen-bond donors (Lipinski definition) is 0. The van der Waals surface area contributed by atoms with Crippen LogP contribution in [0.1, 0.15) is 61.2 Å². The van der Waals surface area contributed by atoms with E-state index in [-0.39, 0.29) is 24.9 Å². The first-order valence-corrected chi connectivity index (χ1v) is 12.5. The fourth-order valence-electron chi connectivity index (χ4n) is 5.08. The van der Waals surface area contributed by atoms with Crippen LogP contribution < -0.4 is 0 Å². The van der Waals surface area contributed by atoms with Crippen molar-refractivity contribution in [2.24, 2.45) is 0 Å². The van der Waals surface area contributed by atoms with Gasteiger partial charge in [0, 0.05) is 13.1 Å². The molecule has 16 nitrogen and oxygen atoms in total. The van der Waals surface area contributed by atoms with E-state index in [9.17, 15) is 18.0 Å². The third kappa shape index (κ3) is 3.69. The van der Waals surface area contributed by atoms with Gasteiger partial charge in [0.15, 0.2) is 11.6 Å². The molecule has 6 rings (SSSR count). The molecule has 0 radical (unpaired) electrons. The topological polar surface area (TPSA) is 178 Å². The number of nitrogens with zero attached hydrogens (tertiary/aromatic N) is 8. The normalized spacial score (nSPS) is 28.5. The summed E-state index contributed by atoms with van der Waals surface area (Å²) in [6.45, 7) is 3.79. The first kappa shape index (κ1) is 22.2. The number of hydrogen-bond acceptors (Lipinski definition) is 12. The number of rotatable bonds is 6. The zero-order valence-electron chi connectivity index (χ0n) is 18.8. The van der Waals surface area contributed by atoms with Gasteiger partial charge in [0.25, 0.3) is 0 Å². The van der Waals surface area contributed by atoms with E-state index in [1.165, 1.54) is 9.80 Å². The SMILES string of the molecule is Cc1noc([C@@H]2CC[C@@H]3CN2C(=O)N3OS(=O)(=O)ON2C(=O)N3C[C@H]2CC[C@H]3c2nc(C)no2)n1. The number of carbonyl (C=O) groups is 2. The summed E-state index contributed by atoms with van der Waals surface area (Å²) < 4.78 is 46.1. The minimum atomic E-state index is -4.79. The molecule has 35 heavy (non-hydrogen) atoms. The Balaban J connectivity index is 1.14. The average molecular weight is 510 g/mol. The highest BCUT2D eigenvalue weighted by Crippen LogP contribution is 2.40. The van der Waals surface area contributed by atoms with Crippen LogP contribution in [0.3, 0.4) is 0 Å². The standard InChI is InChI=1S/C18H22N8O8S/c1-9-19-15(31-21-9)13-5-3-11-7-23(13)17(27)25(11)33-35(29,30)34-26-12-4-6-14(24(8-12)18(26)28)16-20-10(2)22-32-16/h11-14H,3-8H2,1-2H3/t11-,12-,13+,14+/m1/s1. The van der Waals surface area contributed by atoms with E-state index in [1.807, 2.05) is 0 Å². The summed E-state index contributed by atoms with van der Waals surface area (Å²) in [6.07, 6.45) is 1.90. The van der Waals surface area contributed by atoms with E-state index in [4.69, 9.17) is 17.6 Å². The fraction of sp³-hybridized carbons (Fsp3) is 0.667. The Bertz CT molecular complexity index is 1190. The average Bonchev–Trinajstić information content (AvgIpc) is 3.56. The maximum Gasteiger partial charge on any atom is 0.442 e. The van der Waals surface area contributed by atoms with Crippen molar-refractivity contribution in [3.63, 3.8) is 0 Å². The third-order valence-corrected chi connectivity index (χ3v) is 7.33. The molecule has 0 spiro atoms. The molecule has 0 saturated carbocycles. The summed E-state index contributed by atoms with van der Waals surface area (Å²) in [5.41, 5.74) is 0. The Morgan fingerprint density at radius 3 is 1.57 bits per heavy atom. The van der Waals surface area contributed by atoms with Gasteiger partial charge in [-0.25, -0.2) is 9.59 Å². The predicted octanol–water partition coefficient (Wildman–Crippen LogP) is 0.760. The molecule has 4 atom stereocenters. The molecule has 0 unspecified atom stereocenters. The van der Waals surface area contributed by atoms with Crippen molar-refractivity contribution < 1.29 is 35.6 Å². The van der Waals surface area contributed by atoms with E-state index in [0.29, 0.717) is 37.3 Å². The second-order valence-electron chi connectivity index (χ2n) is 8.93. The van der Waals surface area contributed by atoms with Crippen LogP contribution in [0.15, 0.2) is 9.05 Å². The molecular weight excluding hydrogens is 488 g/mol. The minimum Gasteiger partial charge on any atom is -0.337 e. The second-order valence-corrected chi connectivity index (χ2v) is 10.0. The zero-order valence-corrected chi connectivity index (χ0v) is 19.6. The molecule has 2 aromatic heterocycles. The van der Waals surface area contributed by atoms with E-state index < -0.39 is 46.6 Å². The molecule has 0 N–H and O–H groups in total. The first-order valence-electron chi connectivity index (χ1n) is 11.1. The molecule has 0 aromatic carbocycles. The highest BCUT2D eigenvalue weighted by atomic mass is 32.3. The van der Waals surface area contributed by atoms with E-state index >= 15 is 0 Å². The van der Waals surface area contributed by atoms with Crippen LogP contribution in [-0.4, -0.2) is 85.9 Å². The Hall–Kier alpha value is -3.31. The van der Waals surface area contributed by atoms with Crippen LogP contribution in [0.5, 0.6) is 0 Å². The summed E-state index contributed by atoms with van der Waals surface area (Å²) in [4.78, 5) is 37.1. The van der Waals surface area contributed by atoms with Crippen molar-refractivity contribution in [3.05, 3.63) is 23.4 Å². The van der Waals surface area contributed by atoms with E-state index in [2.05, 4.69) is 20.3 Å². The minimum absolute atomic E-state index is 0.227. The quantitative estimate of drug-likeness (QED) is 0.533. The van der Waals surface area contributed by atoms with Crippen LogP contribution in [-0.2, 0) is 19.0 Å². The van der Waals surface area contributed by atoms with Crippen molar-refractivity contribution in [3.8, 4) is 0 Å². The number of hydroxylamine groups is 4. The van der Waals surface area contributed by atoms with E-state index in [1.54, 1.807) is 13.8 Å². The van der Waals surface area contributed by atoms with Gasteiger partial charge in [-0.15, -0.1) is 8.57 Å². The molecule has 2 aromatic rings.